The fourth-order valence-electron chi connectivity index (χ4n) is 1.43. The number of unbranched alkanes of at least 4 members (excludes halogenated alkanes) is 2. The molecule has 6 N–H and O–H groups in total. The zero-order chi connectivity index (χ0) is 12.7. The fourth-order valence-corrected chi connectivity index (χ4v) is 1.43. The molecule has 0 aromatic carbocycles. The van der Waals surface area contributed by atoms with E-state index in [4.69, 9.17) is 10.8 Å². The van der Waals surface area contributed by atoms with E-state index in [2.05, 4.69) is 16.2 Å². The normalized spacial score (nSPS) is 18.4. The van der Waals surface area contributed by atoms with Crippen molar-refractivity contribution in [2.45, 2.75) is 31.7 Å². The molecule has 0 bridgehead atoms. The van der Waals surface area contributed by atoms with Crippen LogP contribution in [0, 0.1) is 0 Å². The summed E-state index contributed by atoms with van der Waals surface area (Å²) in [5, 5.41) is 11.3. The van der Waals surface area contributed by atoms with Crippen LogP contribution in [0.4, 0.5) is 0 Å². The predicted octanol–water partition coefficient (Wildman–Crippen LogP) is -0.976. The van der Waals surface area contributed by atoms with Crippen LogP contribution in [0.2, 0.25) is 0 Å². The summed E-state index contributed by atoms with van der Waals surface area (Å²) < 4.78 is 0. The second-order valence-corrected chi connectivity index (χ2v) is 3.81. The van der Waals surface area contributed by atoms with Crippen LogP contribution in [-0.4, -0.2) is 29.6 Å². The van der Waals surface area contributed by atoms with Crippen LogP contribution in [0.15, 0.2) is 11.9 Å². The second-order valence-electron chi connectivity index (χ2n) is 3.81. The number of hydrogen-bond acceptors (Lipinski definition) is 5. The van der Waals surface area contributed by atoms with Gasteiger partial charge in [-0.05, 0) is 25.5 Å². The Morgan fingerprint density at radius 1 is 1.41 bits per heavy atom. The van der Waals surface area contributed by atoms with Crippen LogP contribution in [0.5, 0.6) is 0 Å². The van der Waals surface area contributed by atoms with Crippen LogP contribution in [0.25, 0.3) is 0 Å². The van der Waals surface area contributed by atoms with Gasteiger partial charge in [0.25, 0.3) is 0 Å². The molecule has 0 radical (unpaired) electrons. The molecule has 0 aromatic heterocycles. The van der Waals surface area contributed by atoms with E-state index in [0.717, 1.165) is 19.3 Å². The molecule has 0 saturated heterocycles. The molecule has 1 unspecified atom stereocenters. The summed E-state index contributed by atoms with van der Waals surface area (Å²) in [6, 6.07) is -0.803. The third-order valence-corrected chi connectivity index (χ3v) is 2.34. The number of carbonyl (C=O) groups excluding carboxylic acids is 1. The zero-order valence-corrected chi connectivity index (χ0v) is 9.53. The molecule has 1 rings (SSSR count). The monoisotopic (exact) mass is 242 g/mol. The van der Waals surface area contributed by atoms with E-state index in [0.29, 0.717) is 18.8 Å². The highest BCUT2D eigenvalue weighted by Crippen LogP contribution is 2.01. The zero-order valence-electron chi connectivity index (χ0n) is 9.53. The molecule has 0 spiro atoms. The second kappa shape index (κ2) is 6.87. The molecule has 1 aliphatic heterocycles. The van der Waals surface area contributed by atoms with E-state index in [9.17, 15) is 9.59 Å². The summed E-state index contributed by atoms with van der Waals surface area (Å²) in [5.74, 6) is -0.737. The standard InChI is InChI=1S/C10H18N4O3/c11-5-3-1-2-4-9(15)12-8-6-7(10(16)17)13-14-8/h6-7,13-14H,1-5,11H2,(H,12,15)(H,16,17). The average molecular weight is 242 g/mol. The summed E-state index contributed by atoms with van der Waals surface area (Å²) in [6.45, 7) is 0.637. The Balaban J connectivity index is 2.23. The summed E-state index contributed by atoms with van der Waals surface area (Å²) in [6.07, 6.45) is 4.45. The highest BCUT2D eigenvalue weighted by Gasteiger charge is 2.21. The van der Waals surface area contributed by atoms with Gasteiger partial charge >= 0.3 is 5.97 Å². The smallest absolute Gasteiger partial charge is 0.326 e. The van der Waals surface area contributed by atoms with Crippen molar-refractivity contribution in [1.82, 2.24) is 16.2 Å². The molecule has 7 nitrogen and oxygen atoms in total. The van der Waals surface area contributed by atoms with Crippen molar-refractivity contribution < 1.29 is 14.7 Å². The molecule has 17 heavy (non-hydrogen) atoms. The number of hydrogen-bond donors (Lipinski definition) is 5. The Hall–Kier alpha value is -1.60. The molecule has 1 aliphatic rings. The van der Waals surface area contributed by atoms with Gasteiger partial charge in [-0.25, -0.2) is 5.43 Å². The van der Waals surface area contributed by atoms with Crippen molar-refractivity contribution in [3.63, 3.8) is 0 Å². The van der Waals surface area contributed by atoms with Gasteiger partial charge in [0, 0.05) is 6.42 Å². The molecular weight excluding hydrogens is 224 g/mol. The van der Waals surface area contributed by atoms with Gasteiger partial charge in [0.05, 0.1) is 0 Å². The Morgan fingerprint density at radius 3 is 2.76 bits per heavy atom. The van der Waals surface area contributed by atoms with Crippen molar-refractivity contribution in [2.75, 3.05) is 6.54 Å². The van der Waals surface area contributed by atoms with Gasteiger partial charge in [0.1, 0.15) is 11.9 Å². The molecule has 0 saturated carbocycles. The number of hydrazine groups is 1. The van der Waals surface area contributed by atoms with Gasteiger partial charge in [-0.15, -0.1) is 0 Å². The van der Waals surface area contributed by atoms with Crippen molar-refractivity contribution in [3.05, 3.63) is 11.9 Å². The molecular formula is C10H18N4O3. The molecule has 0 fully saturated rings. The maximum atomic E-state index is 11.4. The van der Waals surface area contributed by atoms with Crippen LogP contribution >= 0.6 is 0 Å². The topological polar surface area (TPSA) is 116 Å². The first kappa shape index (κ1) is 13.5. The molecule has 0 aromatic rings. The third-order valence-electron chi connectivity index (χ3n) is 2.34. The van der Waals surface area contributed by atoms with Crippen LogP contribution in [0.1, 0.15) is 25.7 Å². The first-order valence-corrected chi connectivity index (χ1v) is 5.59. The number of carboxylic acid groups (broad SMARTS) is 1. The Labute approximate surface area is 99.4 Å². The van der Waals surface area contributed by atoms with Gasteiger partial charge in [-0.3, -0.25) is 9.59 Å². The highest BCUT2D eigenvalue weighted by atomic mass is 16.4. The lowest BCUT2D eigenvalue weighted by Crippen LogP contribution is -2.39. The van der Waals surface area contributed by atoms with E-state index in [1.54, 1.807) is 0 Å². The van der Waals surface area contributed by atoms with E-state index < -0.39 is 12.0 Å². The minimum absolute atomic E-state index is 0.131. The Morgan fingerprint density at radius 2 is 2.18 bits per heavy atom. The number of nitrogens with two attached hydrogens (primary N) is 1. The average Bonchev–Trinajstić information content (AvgIpc) is 2.73. The summed E-state index contributed by atoms with van der Waals surface area (Å²) in [4.78, 5) is 22.0. The number of aliphatic carboxylic acids is 1. The van der Waals surface area contributed by atoms with Gasteiger partial charge < -0.3 is 21.6 Å². The number of carbonyl (C=O) groups is 2. The van der Waals surface area contributed by atoms with Crippen molar-refractivity contribution in [2.24, 2.45) is 5.73 Å². The maximum Gasteiger partial charge on any atom is 0.326 e. The lowest BCUT2D eigenvalue weighted by Gasteiger charge is -2.06. The quantitative estimate of drug-likeness (QED) is 0.367. The van der Waals surface area contributed by atoms with E-state index in [1.807, 2.05) is 0 Å². The molecule has 0 aliphatic carbocycles. The van der Waals surface area contributed by atoms with Crippen LogP contribution in [-0.2, 0) is 9.59 Å². The molecule has 1 heterocycles. The lowest BCUT2D eigenvalue weighted by atomic mass is 10.2. The lowest BCUT2D eigenvalue weighted by molar-refractivity contribution is -0.138. The molecule has 1 atom stereocenters. The highest BCUT2D eigenvalue weighted by molar-refractivity contribution is 5.79. The first-order valence-electron chi connectivity index (χ1n) is 5.59. The summed E-state index contributed by atoms with van der Waals surface area (Å²) in [7, 11) is 0. The Kier molecular flexibility index (Phi) is 5.44. The molecule has 96 valence electrons. The minimum Gasteiger partial charge on any atom is -0.480 e. The van der Waals surface area contributed by atoms with E-state index in [1.165, 1.54) is 6.08 Å². The van der Waals surface area contributed by atoms with Gasteiger partial charge in [0.2, 0.25) is 5.91 Å². The van der Waals surface area contributed by atoms with Crippen LogP contribution < -0.4 is 21.9 Å². The summed E-state index contributed by atoms with van der Waals surface area (Å²) >= 11 is 0. The third kappa shape index (κ3) is 4.83. The largest absolute Gasteiger partial charge is 0.480 e. The molecule has 1 amide bonds. The molecule has 7 heteroatoms. The maximum absolute atomic E-state index is 11.4. The first-order chi connectivity index (χ1) is 8.13. The van der Waals surface area contributed by atoms with Gasteiger partial charge in [-0.2, -0.15) is 0 Å². The van der Waals surface area contributed by atoms with E-state index >= 15 is 0 Å². The predicted molar refractivity (Wildman–Crippen MR) is 61.4 cm³/mol. The minimum atomic E-state index is -0.996. The van der Waals surface area contributed by atoms with Crippen molar-refractivity contribution >= 4 is 11.9 Å². The fraction of sp³-hybridized carbons (Fsp3) is 0.600. The number of carboxylic acids is 1. The van der Waals surface area contributed by atoms with Crippen LogP contribution in [0.3, 0.4) is 0 Å². The summed E-state index contributed by atoms with van der Waals surface area (Å²) in [5.41, 5.74) is 10.5. The number of nitrogens with one attached hydrogen (secondary N) is 3. The number of rotatable bonds is 7. The SMILES string of the molecule is NCCCCCC(=O)NC1=CC(C(=O)O)NN1. The van der Waals surface area contributed by atoms with Crippen molar-refractivity contribution in [1.29, 1.82) is 0 Å². The number of amides is 1. The van der Waals surface area contributed by atoms with Gasteiger partial charge in [0.15, 0.2) is 0 Å². The van der Waals surface area contributed by atoms with Crippen molar-refractivity contribution in [3.8, 4) is 0 Å². The van der Waals surface area contributed by atoms with E-state index in [-0.39, 0.29) is 5.91 Å². The van der Waals surface area contributed by atoms with Gasteiger partial charge in [-0.1, -0.05) is 6.42 Å². The Bertz CT molecular complexity index is 317.